The van der Waals surface area contributed by atoms with Crippen molar-refractivity contribution < 1.29 is 14.6 Å². The maximum Gasteiger partial charge on any atom is 0.307 e. The van der Waals surface area contributed by atoms with Gasteiger partial charge in [-0.1, -0.05) is 20.4 Å². The van der Waals surface area contributed by atoms with Crippen molar-refractivity contribution in [3.8, 4) is 0 Å². The highest BCUT2D eigenvalue weighted by Crippen LogP contribution is 2.22. The minimum atomic E-state index is -0.476. The van der Waals surface area contributed by atoms with Gasteiger partial charge in [-0.15, -0.1) is 0 Å². The van der Waals surface area contributed by atoms with Crippen LogP contribution in [0.25, 0.3) is 0 Å². The standard InChI is InChI=1S/C13H24O3/c1-9(2)7-11(10(3)14)8-12(15)16-13(4,5)6/h9,11,14H,3,7-8H2,1-2,4-6H3. The number of aliphatic hydroxyl groups excluding tert-OH is 1. The van der Waals surface area contributed by atoms with Gasteiger partial charge in [0.05, 0.1) is 12.2 Å². The van der Waals surface area contributed by atoms with Gasteiger partial charge in [-0.25, -0.2) is 0 Å². The molecule has 0 rings (SSSR count). The van der Waals surface area contributed by atoms with Crippen molar-refractivity contribution in [3.63, 3.8) is 0 Å². The number of aliphatic hydroxyl groups is 1. The molecule has 0 heterocycles. The molecule has 0 spiro atoms. The fourth-order valence-corrected chi connectivity index (χ4v) is 1.49. The molecule has 1 atom stereocenters. The molecule has 0 bridgehead atoms. The molecule has 0 aliphatic heterocycles. The third-order valence-electron chi connectivity index (χ3n) is 2.06. The van der Waals surface area contributed by atoms with Crippen molar-refractivity contribution in [2.24, 2.45) is 11.8 Å². The van der Waals surface area contributed by atoms with Gasteiger partial charge in [-0.2, -0.15) is 0 Å². The zero-order valence-electron chi connectivity index (χ0n) is 11.0. The Balaban J connectivity index is 4.30. The summed E-state index contributed by atoms with van der Waals surface area (Å²) in [5.41, 5.74) is -0.476. The van der Waals surface area contributed by atoms with Crippen LogP contribution in [-0.2, 0) is 9.53 Å². The van der Waals surface area contributed by atoms with E-state index < -0.39 is 5.60 Å². The van der Waals surface area contributed by atoms with Gasteiger partial charge in [-0.3, -0.25) is 4.79 Å². The summed E-state index contributed by atoms with van der Waals surface area (Å²) in [6.07, 6.45) is 0.944. The monoisotopic (exact) mass is 228 g/mol. The highest BCUT2D eigenvalue weighted by atomic mass is 16.6. The maximum absolute atomic E-state index is 11.6. The lowest BCUT2D eigenvalue weighted by Crippen LogP contribution is -2.26. The number of rotatable bonds is 5. The van der Waals surface area contributed by atoms with Crippen molar-refractivity contribution in [2.75, 3.05) is 0 Å². The van der Waals surface area contributed by atoms with Crippen molar-refractivity contribution in [1.29, 1.82) is 0 Å². The maximum atomic E-state index is 11.6. The van der Waals surface area contributed by atoms with Crippen LogP contribution in [0.4, 0.5) is 0 Å². The van der Waals surface area contributed by atoms with E-state index in [1.165, 1.54) is 0 Å². The van der Waals surface area contributed by atoms with Gasteiger partial charge in [0, 0.05) is 5.92 Å². The summed E-state index contributed by atoms with van der Waals surface area (Å²) in [5.74, 6) is -0.000837. The van der Waals surface area contributed by atoms with Gasteiger partial charge in [0.15, 0.2) is 0 Å². The molecule has 0 saturated carbocycles. The van der Waals surface area contributed by atoms with E-state index in [9.17, 15) is 9.90 Å². The summed E-state index contributed by atoms with van der Waals surface area (Å²) in [7, 11) is 0. The smallest absolute Gasteiger partial charge is 0.307 e. The van der Waals surface area contributed by atoms with Crippen molar-refractivity contribution in [2.45, 2.75) is 53.1 Å². The van der Waals surface area contributed by atoms with Gasteiger partial charge in [-0.05, 0) is 33.1 Å². The fourth-order valence-electron chi connectivity index (χ4n) is 1.49. The molecule has 0 aliphatic carbocycles. The number of ether oxygens (including phenoxy) is 1. The molecular weight excluding hydrogens is 204 g/mol. The topological polar surface area (TPSA) is 46.5 Å². The number of carbonyl (C=O) groups excluding carboxylic acids is 1. The molecule has 0 aliphatic rings. The van der Waals surface area contributed by atoms with E-state index in [1.807, 2.05) is 34.6 Å². The van der Waals surface area contributed by atoms with E-state index in [0.717, 1.165) is 6.42 Å². The number of hydrogen-bond acceptors (Lipinski definition) is 3. The first-order chi connectivity index (χ1) is 7.11. The van der Waals surface area contributed by atoms with Gasteiger partial charge >= 0.3 is 5.97 Å². The summed E-state index contributed by atoms with van der Waals surface area (Å²) in [6, 6.07) is 0. The average molecular weight is 228 g/mol. The first-order valence-corrected chi connectivity index (χ1v) is 5.71. The van der Waals surface area contributed by atoms with E-state index in [0.29, 0.717) is 5.92 Å². The molecular formula is C13H24O3. The van der Waals surface area contributed by atoms with Crippen LogP contribution < -0.4 is 0 Å². The predicted molar refractivity (Wildman–Crippen MR) is 65.2 cm³/mol. The number of carbonyl (C=O) groups is 1. The number of hydrogen-bond donors (Lipinski definition) is 1. The van der Waals surface area contributed by atoms with Crippen LogP contribution in [0.5, 0.6) is 0 Å². The number of allylic oxidation sites excluding steroid dienone is 1. The summed E-state index contributed by atoms with van der Waals surface area (Å²) in [6.45, 7) is 13.1. The van der Waals surface area contributed by atoms with E-state index in [-0.39, 0.29) is 24.1 Å². The molecule has 16 heavy (non-hydrogen) atoms. The van der Waals surface area contributed by atoms with Crippen molar-refractivity contribution in [3.05, 3.63) is 12.3 Å². The SMILES string of the molecule is C=C(O)C(CC(=O)OC(C)(C)C)CC(C)C. The average Bonchev–Trinajstić information content (AvgIpc) is 1.97. The lowest BCUT2D eigenvalue weighted by Gasteiger charge is -2.22. The molecule has 0 saturated heterocycles. The van der Waals surface area contributed by atoms with Crippen LogP contribution in [0.15, 0.2) is 12.3 Å². The highest BCUT2D eigenvalue weighted by molar-refractivity contribution is 5.70. The molecule has 0 aromatic heterocycles. The minimum absolute atomic E-state index is 0.0690. The van der Waals surface area contributed by atoms with E-state index in [1.54, 1.807) is 0 Å². The van der Waals surface area contributed by atoms with Gasteiger partial charge in [0.25, 0.3) is 0 Å². The third-order valence-corrected chi connectivity index (χ3v) is 2.06. The van der Waals surface area contributed by atoms with Gasteiger partial charge < -0.3 is 9.84 Å². The molecule has 1 N–H and O–H groups in total. The molecule has 1 unspecified atom stereocenters. The first-order valence-electron chi connectivity index (χ1n) is 5.71. The Labute approximate surface area is 98.5 Å². The van der Waals surface area contributed by atoms with Crippen molar-refractivity contribution >= 4 is 5.97 Å². The summed E-state index contributed by atoms with van der Waals surface area (Å²) < 4.78 is 5.21. The Hall–Kier alpha value is -0.990. The fraction of sp³-hybridized carbons (Fsp3) is 0.769. The van der Waals surface area contributed by atoms with E-state index >= 15 is 0 Å². The van der Waals surface area contributed by atoms with Gasteiger partial charge in [0.1, 0.15) is 5.60 Å². The zero-order chi connectivity index (χ0) is 12.9. The molecule has 94 valence electrons. The quantitative estimate of drug-likeness (QED) is 0.579. The molecule has 0 radical (unpaired) electrons. The molecule has 0 fully saturated rings. The lowest BCUT2D eigenvalue weighted by atomic mass is 9.93. The number of esters is 1. The Bertz CT molecular complexity index is 248. The second-order valence-corrected chi connectivity index (χ2v) is 5.61. The first kappa shape index (κ1) is 15.0. The van der Waals surface area contributed by atoms with Crippen molar-refractivity contribution in [1.82, 2.24) is 0 Å². The minimum Gasteiger partial charge on any atom is -0.513 e. The summed E-state index contributed by atoms with van der Waals surface area (Å²) >= 11 is 0. The van der Waals surface area contributed by atoms with E-state index in [2.05, 4.69) is 6.58 Å². The zero-order valence-corrected chi connectivity index (χ0v) is 11.0. The van der Waals surface area contributed by atoms with Crippen LogP contribution in [0.1, 0.15) is 47.5 Å². The Kier molecular flexibility index (Phi) is 5.56. The highest BCUT2D eigenvalue weighted by Gasteiger charge is 2.22. The van der Waals surface area contributed by atoms with E-state index in [4.69, 9.17) is 4.74 Å². The van der Waals surface area contributed by atoms with Crippen LogP contribution in [0.2, 0.25) is 0 Å². The van der Waals surface area contributed by atoms with Crippen LogP contribution >= 0.6 is 0 Å². The van der Waals surface area contributed by atoms with Crippen LogP contribution in [0.3, 0.4) is 0 Å². The molecule has 0 amide bonds. The van der Waals surface area contributed by atoms with Crippen LogP contribution in [-0.4, -0.2) is 16.7 Å². The molecule has 0 aromatic carbocycles. The van der Waals surface area contributed by atoms with Crippen LogP contribution in [0, 0.1) is 11.8 Å². The van der Waals surface area contributed by atoms with Gasteiger partial charge in [0.2, 0.25) is 0 Å². The normalized spacial score (nSPS) is 13.6. The molecule has 0 aromatic rings. The largest absolute Gasteiger partial charge is 0.513 e. The summed E-state index contributed by atoms with van der Waals surface area (Å²) in [4.78, 5) is 11.6. The second kappa shape index (κ2) is 5.92. The lowest BCUT2D eigenvalue weighted by molar-refractivity contribution is -0.156. The molecule has 3 heteroatoms. The Morgan fingerprint density at radius 1 is 1.38 bits per heavy atom. The molecule has 3 nitrogen and oxygen atoms in total. The third kappa shape index (κ3) is 7.32. The predicted octanol–water partition coefficient (Wildman–Crippen LogP) is 3.45. The second-order valence-electron chi connectivity index (χ2n) is 5.61. The summed E-state index contributed by atoms with van der Waals surface area (Å²) in [5, 5.41) is 9.41. The Morgan fingerprint density at radius 3 is 2.19 bits per heavy atom. The Morgan fingerprint density at radius 2 is 1.88 bits per heavy atom.